The van der Waals surface area contributed by atoms with Crippen LogP contribution in [-0.4, -0.2) is 33.3 Å². The number of carbonyl (C=O) groups is 2. The topological polar surface area (TPSA) is 84.2 Å². The molecule has 6 nitrogen and oxygen atoms in total. The second-order valence-corrected chi connectivity index (χ2v) is 6.07. The summed E-state index contributed by atoms with van der Waals surface area (Å²) in [5, 5.41) is 16.3. The minimum absolute atomic E-state index is 0.149. The van der Waals surface area contributed by atoms with E-state index in [-0.39, 0.29) is 11.5 Å². The Balaban J connectivity index is 1.97. The van der Waals surface area contributed by atoms with E-state index >= 15 is 0 Å². The molecule has 0 aliphatic heterocycles. The number of carboxylic acid groups (broad SMARTS) is 1. The zero-order valence-electron chi connectivity index (χ0n) is 15.0. The molecule has 0 radical (unpaired) electrons. The Kier molecular flexibility index (Phi) is 6.33. The van der Waals surface area contributed by atoms with Crippen molar-refractivity contribution in [1.29, 1.82) is 0 Å². The van der Waals surface area contributed by atoms with Gasteiger partial charge in [-0.05, 0) is 43.9 Å². The molecule has 134 valence electrons. The maximum absolute atomic E-state index is 12.4. The van der Waals surface area contributed by atoms with Crippen molar-refractivity contribution >= 4 is 11.9 Å². The summed E-state index contributed by atoms with van der Waals surface area (Å²) in [6.45, 7) is 6.58. The molecular weight excluding hydrogens is 318 g/mol. The Morgan fingerprint density at radius 1 is 1.28 bits per heavy atom. The van der Waals surface area contributed by atoms with E-state index in [0.29, 0.717) is 24.6 Å². The smallest absolute Gasteiger partial charge is 0.335 e. The number of nitrogens with one attached hydrogen (secondary N) is 1. The van der Waals surface area contributed by atoms with Gasteiger partial charge < -0.3 is 10.4 Å². The highest BCUT2D eigenvalue weighted by Crippen LogP contribution is 2.19. The van der Waals surface area contributed by atoms with Crippen LogP contribution in [0.15, 0.2) is 30.5 Å². The number of carbonyl (C=O) groups excluding carboxylic acids is 1. The lowest BCUT2D eigenvalue weighted by molar-refractivity contribution is 0.0696. The van der Waals surface area contributed by atoms with Crippen LogP contribution in [0.4, 0.5) is 0 Å². The lowest BCUT2D eigenvalue weighted by Gasteiger charge is -2.15. The van der Waals surface area contributed by atoms with Crippen molar-refractivity contribution in [2.24, 2.45) is 0 Å². The average Bonchev–Trinajstić information content (AvgIpc) is 2.98. The molecule has 25 heavy (non-hydrogen) atoms. The number of aromatic carboxylic acids is 1. The first kappa shape index (κ1) is 18.7. The van der Waals surface area contributed by atoms with Gasteiger partial charge in [0.1, 0.15) is 0 Å². The summed E-state index contributed by atoms with van der Waals surface area (Å²) in [7, 11) is 0. The Labute approximate surface area is 147 Å². The first-order valence-corrected chi connectivity index (χ1v) is 8.62. The van der Waals surface area contributed by atoms with Gasteiger partial charge in [-0.25, -0.2) is 4.79 Å². The summed E-state index contributed by atoms with van der Waals surface area (Å²) in [6, 6.07) is 7.06. The molecule has 1 aromatic carbocycles. The molecule has 2 aromatic rings. The average molecular weight is 343 g/mol. The summed E-state index contributed by atoms with van der Waals surface area (Å²) in [5.41, 5.74) is 2.60. The number of amides is 1. The molecular formula is C19H25N3O3. The van der Waals surface area contributed by atoms with Gasteiger partial charge in [0.25, 0.3) is 5.91 Å². The monoisotopic (exact) mass is 343 g/mol. The van der Waals surface area contributed by atoms with Crippen LogP contribution in [0.25, 0.3) is 0 Å². The van der Waals surface area contributed by atoms with E-state index in [9.17, 15) is 9.59 Å². The van der Waals surface area contributed by atoms with Gasteiger partial charge in [0.2, 0.25) is 0 Å². The Hall–Kier alpha value is -2.63. The quantitative estimate of drug-likeness (QED) is 0.771. The number of hydrogen-bond acceptors (Lipinski definition) is 3. The molecule has 1 aromatic heterocycles. The zero-order valence-corrected chi connectivity index (χ0v) is 15.0. The van der Waals surface area contributed by atoms with Gasteiger partial charge in [0.05, 0.1) is 23.4 Å². The first-order chi connectivity index (χ1) is 12.0. The molecule has 0 saturated carbocycles. The number of carboxylic acids is 1. The fraction of sp³-hybridized carbons (Fsp3) is 0.421. The molecule has 2 N–H and O–H groups in total. The van der Waals surface area contributed by atoms with Crippen LogP contribution in [0.2, 0.25) is 0 Å². The molecule has 0 saturated heterocycles. The van der Waals surface area contributed by atoms with Gasteiger partial charge in [-0.2, -0.15) is 5.10 Å². The van der Waals surface area contributed by atoms with Gasteiger partial charge in [-0.1, -0.05) is 26.0 Å². The molecule has 2 rings (SSSR count). The SMILES string of the molecule is CCC(CC)n1ncc(C(=O)NCCc2cccc(C(=O)O)c2)c1C. The standard InChI is InChI=1S/C19H25N3O3/c1-4-16(5-2)22-13(3)17(12-21-22)18(23)20-10-9-14-7-6-8-15(11-14)19(24)25/h6-8,11-12,16H,4-5,9-10H2,1-3H3,(H,20,23)(H,24,25). The minimum atomic E-state index is -0.949. The third-order valence-electron chi connectivity index (χ3n) is 4.45. The fourth-order valence-corrected chi connectivity index (χ4v) is 2.92. The molecule has 1 heterocycles. The Bertz CT molecular complexity index is 748. The second kappa shape index (κ2) is 8.46. The fourth-order valence-electron chi connectivity index (χ4n) is 2.92. The van der Waals surface area contributed by atoms with E-state index in [0.717, 1.165) is 24.1 Å². The molecule has 0 atom stereocenters. The van der Waals surface area contributed by atoms with Crippen LogP contribution in [0.3, 0.4) is 0 Å². The molecule has 0 bridgehead atoms. The number of rotatable bonds is 8. The van der Waals surface area contributed by atoms with Crippen LogP contribution in [-0.2, 0) is 6.42 Å². The van der Waals surface area contributed by atoms with Crippen molar-refractivity contribution in [2.75, 3.05) is 6.54 Å². The van der Waals surface area contributed by atoms with Crippen molar-refractivity contribution in [2.45, 2.75) is 46.1 Å². The van der Waals surface area contributed by atoms with Crippen molar-refractivity contribution in [1.82, 2.24) is 15.1 Å². The highest BCUT2D eigenvalue weighted by atomic mass is 16.4. The molecule has 0 unspecified atom stereocenters. The maximum atomic E-state index is 12.4. The van der Waals surface area contributed by atoms with Crippen LogP contribution >= 0.6 is 0 Å². The Morgan fingerprint density at radius 3 is 2.64 bits per heavy atom. The number of benzene rings is 1. The lowest BCUT2D eigenvalue weighted by atomic mass is 10.1. The molecule has 0 aliphatic rings. The number of hydrogen-bond donors (Lipinski definition) is 2. The van der Waals surface area contributed by atoms with E-state index in [1.165, 1.54) is 0 Å². The second-order valence-electron chi connectivity index (χ2n) is 6.07. The van der Waals surface area contributed by atoms with Crippen LogP contribution in [0.1, 0.15) is 64.7 Å². The van der Waals surface area contributed by atoms with Crippen molar-refractivity contribution in [3.05, 3.63) is 52.8 Å². The van der Waals surface area contributed by atoms with Crippen molar-refractivity contribution < 1.29 is 14.7 Å². The van der Waals surface area contributed by atoms with Gasteiger partial charge in [-0.3, -0.25) is 9.48 Å². The number of nitrogens with zero attached hydrogens (tertiary/aromatic N) is 2. The summed E-state index contributed by atoms with van der Waals surface area (Å²) >= 11 is 0. The zero-order chi connectivity index (χ0) is 18.4. The highest BCUT2D eigenvalue weighted by molar-refractivity contribution is 5.95. The van der Waals surface area contributed by atoms with E-state index in [1.807, 2.05) is 17.7 Å². The predicted molar refractivity (Wildman–Crippen MR) is 96.0 cm³/mol. The molecule has 1 amide bonds. The molecule has 0 aliphatic carbocycles. The maximum Gasteiger partial charge on any atom is 0.335 e. The summed E-state index contributed by atoms with van der Waals surface area (Å²) in [5.74, 6) is -1.10. The van der Waals surface area contributed by atoms with E-state index in [4.69, 9.17) is 5.11 Å². The van der Waals surface area contributed by atoms with Gasteiger partial charge >= 0.3 is 5.97 Å². The largest absolute Gasteiger partial charge is 0.478 e. The Morgan fingerprint density at radius 2 is 2.00 bits per heavy atom. The first-order valence-electron chi connectivity index (χ1n) is 8.62. The normalized spacial score (nSPS) is 10.9. The van der Waals surface area contributed by atoms with Crippen LogP contribution in [0, 0.1) is 6.92 Å². The minimum Gasteiger partial charge on any atom is -0.478 e. The van der Waals surface area contributed by atoms with Crippen molar-refractivity contribution in [3.63, 3.8) is 0 Å². The van der Waals surface area contributed by atoms with E-state index in [2.05, 4.69) is 24.3 Å². The highest BCUT2D eigenvalue weighted by Gasteiger charge is 2.17. The summed E-state index contributed by atoms with van der Waals surface area (Å²) in [6.07, 6.45) is 4.14. The number of aromatic nitrogens is 2. The molecule has 0 spiro atoms. The summed E-state index contributed by atoms with van der Waals surface area (Å²) in [4.78, 5) is 23.4. The van der Waals surface area contributed by atoms with Gasteiger partial charge in [0.15, 0.2) is 0 Å². The summed E-state index contributed by atoms with van der Waals surface area (Å²) < 4.78 is 1.92. The molecule has 0 fully saturated rings. The van der Waals surface area contributed by atoms with E-state index < -0.39 is 5.97 Å². The van der Waals surface area contributed by atoms with Crippen molar-refractivity contribution in [3.8, 4) is 0 Å². The van der Waals surface area contributed by atoms with Gasteiger partial charge in [0, 0.05) is 12.2 Å². The lowest BCUT2D eigenvalue weighted by Crippen LogP contribution is -2.26. The van der Waals surface area contributed by atoms with E-state index in [1.54, 1.807) is 24.4 Å². The third-order valence-corrected chi connectivity index (χ3v) is 4.45. The third kappa shape index (κ3) is 4.47. The molecule has 6 heteroatoms. The van der Waals surface area contributed by atoms with Crippen LogP contribution in [0.5, 0.6) is 0 Å². The van der Waals surface area contributed by atoms with Crippen LogP contribution < -0.4 is 5.32 Å². The van der Waals surface area contributed by atoms with Gasteiger partial charge in [-0.15, -0.1) is 0 Å². The predicted octanol–water partition coefficient (Wildman–Crippen LogP) is 3.22.